The van der Waals surface area contributed by atoms with Crippen LogP contribution in [0.15, 0.2) is 33.1 Å². The Morgan fingerprint density at radius 3 is 2.26 bits per heavy atom. The number of anilines is 1. The van der Waals surface area contributed by atoms with Crippen LogP contribution in [0.2, 0.25) is 0 Å². The normalized spacial score (nSPS) is 10.8. The highest BCUT2D eigenvalue weighted by Gasteiger charge is 2.16. The summed E-state index contributed by atoms with van der Waals surface area (Å²) in [6.07, 6.45) is 0. The zero-order valence-corrected chi connectivity index (χ0v) is 13.4. The lowest BCUT2D eigenvalue weighted by atomic mass is 10.1. The van der Waals surface area contributed by atoms with E-state index in [9.17, 15) is 4.79 Å². The molecule has 0 atom stereocenters. The average molecular weight is 311 g/mol. The fraction of sp³-hybridized carbons (Fsp3) is 0.235. The Balaban J connectivity index is 1.81. The summed E-state index contributed by atoms with van der Waals surface area (Å²) < 4.78 is 10.9. The molecule has 0 fully saturated rings. The minimum atomic E-state index is -0.285. The van der Waals surface area contributed by atoms with Gasteiger partial charge in [-0.05, 0) is 45.9 Å². The highest BCUT2D eigenvalue weighted by atomic mass is 16.4. The van der Waals surface area contributed by atoms with Crippen molar-refractivity contribution in [2.45, 2.75) is 27.7 Å². The summed E-state index contributed by atoms with van der Waals surface area (Å²) in [5, 5.41) is 10.4. The third kappa shape index (κ3) is 3.15. The quantitative estimate of drug-likeness (QED) is 0.795. The van der Waals surface area contributed by atoms with Crippen molar-refractivity contribution in [1.82, 2.24) is 10.2 Å². The summed E-state index contributed by atoms with van der Waals surface area (Å²) in [6.45, 7) is 7.55. The molecule has 6 nitrogen and oxygen atoms in total. The Bertz CT molecular complexity index is 857. The number of carbonyl (C=O) groups is 1. The number of benzene rings is 1. The topological polar surface area (TPSA) is 81.2 Å². The number of amides is 1. The van der Waals surface area contributed by atoms with Crippen molar-refractivity contribution in [1.29, 1.82) is 0 Å². The molecule has 0 aliphatic carbocycles. The molecule has 1 aromatic carbocycles. The van der Waals surface area contributed by atoms with Crippen molar-refractivity contribution in [3.05, 3.63) is 52.5 Å². The Hall–Kier alpha value is -2.89. The van der Waals surface area contributed by atoms with E-state index < -0.39 is 0 Å². The second-order valence-electron chi connectivity index (χ2n) is 5.57. The molecule has 2 heterocycles. The number of carbonyl (C=O) groups excluding carboxylic acids is 1. The van der Waals surface area contributed by atoms with Gasteiger partial charge in [-0.25, -0.2) is 0 Å². The van der Waals surface area contributed by atoms with Gasteiger partial charge in [0.1, 0.15) is 11.5 Å². The monoisotopic (exact) mass is 311 g/mol. The van der Waals surface area contributed by atoms with Gasteiger partial charge in [0.15, 0.2) is 0 Å². The molecule has 0 saturated heterocycles. The molecule has 0 aliphatic heterocycles. The van der Waals surface area contributed by atoms with Crippen LogP contribution in [0.1, 0.15) is 33.0 Å². The first-order chi connectivity index (χ1) is 10.9. The average Bonchev–Trinajstić information content (AvgIpc) is 3.04. The van der Waals surface area contributed by atoms with Crippen LogP contribution in [0.4, 0.5) is 6.01 Å². The molecular formula is C17H17N3O3. The summed E-state index contributed by atoms with van der Waals surface area (Å²) in [6, 6.07) is 7.50. The van der Waals surface area contributed by atoms with Crippen LogP contribution in [-0.2, 0) is 0 Å². The van der Waals surface area contributed by atoms with Gasteiger partial charge in [-0.2, -0.15) is 0 Å². The molecule has 1 amide bonds. The number of rotatable bonds is 3. The molecular weight excluding hydrogens is 294 g/mol. The molecule has 0 saturated carbocycles. The Morgan fingerprint density at radius 1 is 0.957 bits per heavy atom. The molecule has 118 valence electrons. The predicted octanol–water partition coefficient (Wildman–Crippen LogP) is 3.82. The molecule has 0 spiro atoms. The van der Waals surface area contributed by atoms with Gasteiger partial charge in [0, 0.05) is 5.56 Å². The van der Waals surface area contributed by atoms with Gasteiger partial charge in [-0.3, -0.25) is 10.1 Å². The van der Waals surface area contributed by atoms with Crippen LogP contribution < -0.4 is 5.32 Å². The van der Waals surface area contributed by atoms with E-state index in [-0.39, 0.29) is 11.9 Å². The Labute approximate surface area is 133 Å². The highest BCUT2D eigenvalue weighted by molar-refractivity contribution is 6.03. The van der Waals surface area contributed by atoms with Crippen molar-refractivity contribution < 1.29 is 13.6 Å². The number of aryl methyl sites for hydroxylation is 4. The van der Waals surface area contributed by atoms with Crippen molar-refractivity contribution in [2.24, 2.45) is 0 Å². The first kappa shape index (κ1) is 15.0. The van der Waals surface area contributed by atoms with Crippen LogP contribution in [0.3, 0.4) is 0 Å². The minimum absolute atomic E-state index is 0.0578. The first-order valence-electron chi connectivity index (χ1n) is 7.23. The molecule has 2 aromatic heterocycles. The van der Waals surface area contributed by atoms with Crippen LogP contribution in [0, 0.1) is 27.7 Å². The SMILES string of the molecule is Cc1cc(C)cc(C(=O)Nc2nnc(-c3cc(C)oc3C)o2)c1. The van der Waals surface area contributed by atoms with Gasteiger partial charge in [-0.1, -0.05) is 22.3 Å². The molecule has 6 heteroatoms. The molecule has 23 heavy (non-hydrogen) atoms. The first-order valence-corrected chi connectivity index (χ1v) is 7.23. The molecule has 0 aliphatic rings. The largest absolute Gasteiger partial charge is 0.466 e. The van der Waals surface area contributed by atoms with Gasteiger partial charge in [-0.15, -0.1) is 5.10 Å². The lowest BCUT2D eigenvalue weighted by Crippen LogP contribution is -2.12. The van der Waals surface area contributed by atoms with Gasteiger partial charge in [0.25, 0.3) is 11.8 Å². The van der Waals surface area contributed by atoms with Gasteiger partial charge in [0.2, 0.25) is 0 Å². The highest BCUT2D eigenvalue weighted by Crippen LogP contribution is 2.26. The molecule has 3 rings (SSSR count). The number of nitrogens with zero attached hydrogens (tertiary/aromatic N) is 2. The van der Waals surface area contributed by atoms with Crippen molar-refractivity contribution in [2.75, 3.05) is 5.32 Å². The van der Waals surface area contributed by atoms with Crippen LogP contribution in [-0.4, -0.2) is 16.1 Å². The van der Waals surface area contributed by atoms with E-state index in [1.54, 1.807) is 0 Å². The molecule has 0 bridgehead atoms. The zero-order valence-electron chi connectivity index (χ0n) is 13.4. The lowest BCUT2D eigenvalue weighted by molar-refractivity contribution is 0.102. The van der Waals surface area contributed by atoms with E-state index in [0.29, 0.717) is 17.2 Å². The standard InChI is InChI=1S/C17H17N3O3/c1-9-5-10(2)7-13(6-9)15(21)18-17-20-19-16(23-17)14-8-11(3)22-12(14)4/h5-8H,1-4H3,(H,18,20,21). The summed E-state index contributed by atoms with van der Waals surface area (Å²) in [5.74, 6) is 1.48. The molecule has 0 unspecified atom stereocenters. The van der Waals surface area contributed by atoms with Crippen LogP contribution >= 0.6 is 0 Å². The summed E-state index contributed by atoms with van der Waals surface area (Å²) in [7, 11) is 0. The van der Waals surface area contributed by atoms with E-state index in [4.69, 9.17) is 8.83 Å². The van der Waals surface area contributed by atoms with E-state index in [0.717, 1.165) is 22.5 Å². The number of hydrogen-bond acceptors (Lipinski definition) is 5. The maximum Gasteiger partial charge on any atom is 0.322 e. The fourth-order valence-corrected chi connectivity index (χ4v) is 2.50. The van der Waals surface area contributed by atoms with Crippen molar-refractivity contribution >= 4 is 11.9 Å². The third-order valence-electron chi connectivity index (χ3n) is 3.40. The second kappa shape index (κ2) is 5.72. The lowest BCUT2D eigenvalue weighted by Gasteiger charge is -2.03. The number of hydrogen-bond donors (Lipinski definition) is 1. The molecule has 3 aromatic rings. The van der Waals surface area contributed by atoms with Gasteiger partial charge < -0.3 is 8.83 Å². The van der Waals surface area contributed by atoms with Crippen LogP contribution in [0.25, 0.3) is 11.5 Å². The zero-order chi connectivity index (χ0) is 16.6. The number of furan rings is 1. The fourth-order valence-electron chi connectivity index (χ4n) is 2.50. The van der Waals surface area contributed by atoms with Crippen LogP contribution in [0.5, 0.6) is 0 Å². The minimum Gasteiger partial charge on any atom is -0.466 e. The maximum atomic E-state index is 12.3. The van der Waals surface area contributed by atoms with Crippen molar-refractivity contribution in [3.63, 3.8) is 0 Å². The van der Waals surface area contributed by atoms with E-state index in [1.165, 1.54) is 0 Å². The smallest absolute Gasteiger partial charge is 0.322 e. The summed E-state index contributed by atoms with van der Waals surface area (Å²) >= 11 is 0. The van der Waals surface area contributed by atoms with Gasteiger partial charge in [0.05, 0.1) is 5.56 Å². The Kier molecular flexibility index (Phi) is 3.73. The van der Waals surface area contributed by atoms with E-state index >= 15 is 0 Å². The predicted molar refractivity (Wildman–Crippen MR) is 85.3 cm³/mol. The Morgan fingerprint density at radius 2 is 1.65 bits per heavy atom. The third-order valence-corrected chi connectivity index (χ3v) is 3.40. The number of nitrogens with one attached hydrogen (secondary N) is 1. The summed E-state index contributed by atoms with van der Waals surface area (Å²) in [4.78, 5) is 12.3. The second-order valence-corrected chi connectivity index (χ2v) is 5.57. The molecule has 0 radical (unpaired) electrons. The van der Waals surface area contributed by atoms with E-state index in [2.05, 4.69) is 15.5 Å². The maximum absolute atomic E-state index is 12.3. The van der Waals surface area contributed by atoms with E-state index in [1.807, 2.05) is 52.0 Å². The van der Waals surface area contributed by atoms with Gasteiger partial charge >= 0.3 is 6.01 Å². The summed E-state index contributed by atoms with van der Waals surface area (Å²) in [5.41, 5.74) is 3.32. The van der Waals surface area contributed by atoms with Crippen molar-refractivity contribution in [3.8, 4) is 11.5 Å². The number of aromatic nitrogens is 2. The molecule has 1 N–H and O–H groups in total.